The predicted octanol–water partition coefficient (Wildman–Crippen LogP) is 2.80. The highest BCUT2D eigenvalue weighted by atomic mass is 14.7. The van der Waals surface area contributed by atoms with E-state index in [0.29, 0.717) is 0 Å². The summed E-state index contributed by atoms with van der Waals surface area (Å²) < 4.78 is 0. The third kappa shape index (κ3) is 2.51. The molecule has 0 aromatic carbocycles. The van der Waals surface area contributed by atoms with Crippen LogP contribution in [0.3, 0.4) is 0 Å². The molecule has 0 bridgehead atoms. The Balaban J connectivity index is 2.35. The van der Waals surface area contributed by atoms with E-state index >= 15 is 0 Å². The van der Waals surface area contributed by atoms with E-state index in [-0.39, 0.29) is 0 Å². The lowest BCUT2D eigenvalue weighted by atomic mass is 10.1. The predicted molar refractivity (Wildman–Crippen MR) is 45.7 cm³/mol. The molecule has 58 valence electrons. The number of hydrogen-bond donors (Lipinski definition) is 0. The SMILES string of the molecule is CCC1=NCCCCCC1. The van der Waals surface area contributed by atoms with E-state index < -0.39 is 0 Å². The van der Waals surface area contributed by atoms with Crippen LogP contribution in [0.4, 0.5) is 0 Å². The van der Waals surface area contributed by atoms with E-state index in [4.69, 9.17) is 0 Å². The molecule has 10 heavy (non-hydrogen) atoms. The second kappa shape index (κ2) is 4.48. The van der Waals surface area contributed by atoms with Gasteiger partial charge in [0, 0.05) is 12.3 Å². The molecule has 1 heteroatoms. The lowest BCUT2D eigenvalue weighted by Gasteiger charge is -2.07. The summed E-state index contributed by atoms with van der Waals surface area (Å²) in [5.41, 5.74) is 1.44. The molecule has 0 fully saturated rings. The molecule has 0 saturated carbocycles. The zero-order valence-electron chi connectivity index (χ0n) is 6.90. The fraction of sp³-hybridized carbons (Fsp3) is 0.889. The zero-order chi connectivity index (χ0) is 7.23. The summed E-state index contributed by atoms with van der Waals surface area (Å²) in [7, 11) is 0. The largest absolute Gasteiger partial charge is 0.294 e. The summed E-state index contributed by atoms with van der Waals surface area (Å²) in [6, 6.07) is 0. The van der Waals surface area contributed by atoms with Crippen LogP contribution < -0.4 is 0 Å². The first-order valence-corrected chi connectivity index (χ1v) is 4.45. The Morgan fingerprint density at radius 3 is 2.80 bits per heavy atom. The molecule has 0 aromatic heterocycles. The molecule has 0 aliphatic carbocycles. The molecule has 0 saturated heterocycles. The van der Waals surface area contributed by atoms with Crippen LogP contribution in [0, 0.1) is 0 Å². The molecule has 1 nitrogen and oxygen atoms in total. The van der Waals surface area contributed by atoms with Crippen molar-refractivity contribution in [2.24, 2.45) is 4.99 Å². The second-order valence-electron chi connectivity index (χ2n) is 2.97. The summed E-state index contributed by atoms with van der Waals surface area (Å²) in [6.07, 6.45) is 7.91. The van der Waals surface area contributed by atoms with E-state index in [1.165, 1.54) is 44.2 Å². The van der Waals surface area contributed by atoms with E-state index in [1.54, 1.807) is 0 Å². The van der Waals surface area contributed by atoms with Crippen LogP contribution in [0.5, 0.6) is 0 Å². The molecule has 1 aliphatic heterocycles. The van der Waals surface area contributed by atoms with Gasteiger partial charge in [-0.1, -0.05) is 19.8 Å². The highest BCUT2D eigenvalue weighted by molar-refractivity contribution is 5.84. The smallest absolute Gasteiger partial charge is 0.0388 e. The van der Waals surface area contributed by atoms with Gasteiger partial charge in [-0.25, -0.2) is 0 Å². The van der Waals surface area contributed by atoms with Gasteiger partial charge in [0.2, 0.25) is 0 Å². The summed E-state index contributed by atoms with van der Waals surface area (Å²) in [4.78, 5) is 4.52. The van der Waals surface area contributed by atoms with E-state index in [0.717, 1.165) is 6.54 Å². The zero-order valence-corrected chi connectivity index (χ0v) is 6.90. The molecule has 1 heterocycles. The summed E-state index contributed by atoms with van der Waals surface area (Å²) in [6.45, 7) is 3.30. The third-order valence-corrected chi connectivity index (χ3v) is 2.12. The van der Waals surface area contributed by atoms with E-state index in [9.17, 15) is 0 Å². The van der Waals surface area contributed by atoms with Gasteiger partial charge in [-0.05, 0) is 25.7 Å². The number of hydrogen-bond acceptors (Lipinski definition) is 1. The Bertz CT molecular complexity index is 116. The average molecular weight is 139 g/mol. The molecule has 1 aliphatic rings. The lowest BCUT2D eigenvalue weighted by molar-refractivity contribution is 0.640. The number of aliphatic imine (C=N–C) groups is 1. The highest BCUT2D eigenvalue weighted by Gasteiger charge is 1.99. The Morgan fingerprint density at radius 1 is 1.20 bits per heavy atom. The van der Waals surface area contributed by atoms with Crippen LogP contribution in [0.25, 0.3) is 0 Å². The van der Waals surface area contributed by atoms with Crippen LogP contribution in [0.1, 0.15) is 45.4 Å². The molecule has 0 unspecified atom stereocenters. The van der Waals surface area contributed by atoms with Gasteiger partial charge in [-0.3, -0.25) is 4.99 Å². The fourth-order valence-electron chi connectivity index (χ4n) is 1.40. The van der Waals surface area contributed by atoms with Gasteiger partial charge in [0.15, 0.2) is 0 Å². The molecule has 0 radical (unpaired) electrons. The third-order valence-electron chi connectivity index (χ3n) is 2.12. The van der Waals surface area contributed by atoms with E-state index in [2.05, 4.69) is 11.9 Å². The van der Waals surface area contributed by atoms with Gasteiger partial charge < -0.3 is 0 Å². The second-order valence-corrected chi connectivity index (χ2v) is 2.97. The molecule has 0 atom stereocenters. The van der Waals surface area contributed by atoms with Crippen molar-refractivity contribution in [2.45, 2.75) is 45.4 Å². The summed E-state index contributed by atoms with van der Waals surface area (Å²) in [5.74, 6) is 0. The van der Waals surface area contributed by atoms with Gasteiger partial charge in [-0.2, -0.15) is 0 Å². The Hall–Kier alpha value is -0.330. The number of rotatable bonds is 1. The summed E-state index contributed by atoms with van der Waals surface area (Å²) >= 11 is 0. The maximum absolute atomic E-state index is 4.52. The first-order chi connectivity index (χ1) is 4.93. The van der Waals surface area contributed by atoms with Crippen LogP contribution in [-0.2, 0) is 0 Å². The normalized spacial score (nSPS) is 21.1. The highest BCUT2D eigenvalue weighted by Crippen LogP contribution is 2.09. The van der Waals surface area contributed by atoms with Gasteiger partial charge in [0.1, 0.15) is 0 Å². The summed E-state index contributed by atoms with van der Waals surface area (Å²) in [5, 5.41) is 0. The quantitative estimate of drug-likeness (QED) is 0.529. The minimum absolute atomic E-state index is 1.09. The van der Waals surface area contributed by atoms with Gasteiger partial charge in [-0.15, -0.1) is 0 Å². The van der Waals surface area contributed by atoms with Crippen molar-refractivity contribution in [2.75, 3.05) is 6.54 Å². The first kappa shape index (κ1) is 7.77. The fourth-order valence-corrected chi connectivity index (χ4v) is 1.40. The van der Waals surface area contributed by atoms with Gasteiger partial charge in [0.25, 0.3) is 0 Å². The first-order valence-electron chi connectivity index (χ1n) is 4.45. The minimum Gasteiger partial charge on any atom is -0.294 e. The maximum Gasteiger partial charge on any atom is 0.0388 e. The van der Waals surface area contributed by atoms with Crippen LogP contribution >= 0.6 is 0 Å². The van der Waals surface area contributed by atoms with E-state index in [1.807, 2.05) is 0 Å². The van der Waals surface area contributed by atoms with Crippen molar-refractivity contribution in [3.63, 3.8) is 0 Å². The Kier molecular flexibility index (Phi) is 3.48. The molecule has 0 amide bonds. The molecule has 1 rings (SSSR count). The van der Waals surface area contributed by atoms with Crippen molar-refractivity contribution in [1.82, 2.24) is 0 Å². The van der Waals surface area contributed by atoms with Gasteiger partial charge >= 0.3 is 0 Å². The van der Waals surface area contributed by atoms with Crippen molar-refractivity contribution < 1.29 is 0 Å². The van der Waals surface area contributed by atoms with Crippen molar-refractivity contribution >= 4 is 5.71 Å². The minimum atomic E-state index is 1.09. The van der Waals surface area contributed by atoms with Crippen LogP contribution in [0.15, 0.2) is 4.99 Å². The molecule has 0 spiro atoms. The Labute approximate surface area is 63.5 Å². The topological polar surface area (TPSA) is 12.4 Å². The molecular weight excluding hydrogens is 122 g/mol. The van der Waals surface area contributed by atoms with Crippen LogP contribution in [-0.4, -0.2) is 12.3 Å². The van der Waals surface area contributed by atoms with Crippen LogP contribution in [0.2, 0.25) is 0 Å². The monoisotopic (exact) mass is 139 g/mol. The van der Waals surface area contributed by atoms with Crippen molar-refractivity contribution in [3.05, 3.63) is 0 Å². The Morgan fingerprint density at radius 2 is 2.00 bits per heavy atom. The lowest BCUT2D eigenvalue weighted by Crippen LogP contribution is -2.01. The van der Waals surface area contributed by atoms with Crippen molar-refractivity contribution in [3.8, 4) is 0 Å². The van der Waals surface area contributed by atoms with Crippen molar-refractivity contribution in [1.29, 1.82) is 0 Å². The molecular formula is C9H17N. The number of nitrogens with zero attached hydrogens (tertiary/aromatic N) is 1. The van der Waals surface area contributed by atoms with Gasteiger partial charge in [0.05, 0.1) is 0 Å². The standard InChI is InChI=1S/C9H17N/c1-2-9-7-5-3-4-6-8-10-9/h2-8H2,1H3. The maximum atomic E-state index is 4.52. The molecule has 0 aromatic rings. The average Bonchev–Trinajstić information content (AvgIpc) is 1.87. The molecule has 0 N–H and O–H groups in total.